The van der Waals surface area contributed by atoms with Crippen LogP contribution in [-0.4, -0.2) is 52.2 Å². The number of likely N-dealkylation sites (tertiary alicyclic amines) is 1. The molecule has 1 aliphatic rings. The second-order valence-corrected chi connectivity index (χ2v) is 5.98. The lowest BCUT2D eigenvalue weighted by atomic mass is 10.0. The van der Waals surface area contributed by atoms with Gasteiger partial charge in [0.25, 0.3) is 0 Å². The number of hydrogen-bond acceptors (Lipinski definition) is 4. The van der Waals surface area contributed by atoms with Gasteiger partial charge in [-0.25, -0.2) is 9.78 Å². The molecule has 23 heavy (non-hydrogen) atoms. The van der Waals surface area contributed by atoms with Gasteiger partial charge in [-0.05, 0) is 12.0 Å². The molecule has 126 valence electrons. The first-order valence-corrected chi connectivity index (χ1v) is 7.83. The Balaban J connectivity index is 1.87. The summed E-state index contributed by atoms with van der Waals surface area (Å²) in [6.45, 7) is 4.77. The fourth-order valence-corrected chi connectivity index (χ4v) is 2.62. The van der Waals surface area contributed by atoms with Crippen molar-refractivity contribution in [1.82, 2.24) is 15.2 Å². The third kappa shape index (κ3) is 4.84. The number of carbonyl (C=O) groups is 2. The Bertz CT molecular complexity index is 527. The second-order valence-electron chi connectivity index (χ2n) is 5.98. The molecule has 1 aromatic heterocycles. The van der Waals surface area contributed by atoms with Gasteiger partial charge in [0.1, 0.15) is 12.1 Å². The molecule has 2 heterocycles. The van der Waals surface area contributed by atoms with E-state index in [2.05, 4.69) is 10.3 Å². The van der Waals surface area contributed by atoms with Gasteiger partial charge >= 0.3 is 6.09 Å². The quantitative estimate of drug-likeness (QED) is 0.862. The third-order valence-corrected chi connectivity index (χ3v) is 3.89. The van der Waals surface area contributed by atoms with Crippen LogP contribution in [0.5, 0.6) is 5.88 Å². The Labute approximate surface area is 135 Å². The summed E-state index contributed by atoms with van der Waals surface area (Å²) in [6, 6.07) is 4.80. The molecule has 0 radical (unpaired) electrons. The van der Waals surface area contributed by atoms with E-state index < -0.39 is 12.1 Å². The maximum absolute atomic E-state index is 12.5. The summed E-state index contributed by atoms with van der Waals surface area (Å²) in [6.07, 6.45) is 1.95. The van der Waals surface area contributed by atoms with E-state index in [1.54, 1.807) is 11.1 Å². The number of carbonyl (C=O) groups excluding carboxylic acids is 1. The normalized spacial score (nSPS) is 16.9. The average Bonchev–Trinajstić information content (AvgIpc) is 2.53. The summed E-state index contributed by atoms with van der Waals surface area (Å²) >= 11 is 0. The number of amides is 2. The molecule has 0 unspecified atom stereocenters. The molecule has 1 atom stereocenters. The first kappa shape index (κ1) is 17.1. The summed E-state index contributed by atoms with van der Waals surface area (Å²) in [5.41, 5.74) is 0. The molecule has 0 saturated carbocycles. The smallest absolute Gasteiger partial charge is 0.405 e. The highest BCUT2D eigenvalue weighted by Gasteiger charge is 2.31. The lowest BCUT2D eigenvalue weighted by Crippen LogP contribution is -2.53. The molecule has 2 rings (SSSR count). The molecule has 2 amide bonds. The van der Waals surface area contributed by atoms with Gasteiger partial charge in [0.2, 0.25) is 11.8 Å². The molecule has 0 aromatic carbocycles. The molecule has 7 nitrogen and oxygen atoms in total. The van der Waals surface area contributed by atoms with Crippen molar-refractivity contribution in [3.05, 3.63) is 24.4 Å². The Morgan fingerprint density at radius 2 is 2.04 bits per heavy atom. The number of rotatable bonds is 5. The van der Waals surface area contributed by atoms with E-state index in [0.29, 0.717) is 31.8 Å². The molecule has 1 saturated heterocycles. The van der Waals surface area contributed by atoms with Crippen LogP contribution in [0.2, 0.25) is 0 Å². The lowest BCUT2D eigenvalue weighted by molar-refractivity contribution is -0.136. The highest BCUT2D eigenvalue weighted by atomic mass is 16.5. The van der Waals surface area contributed by atoms with Crippen molar-refractivity contribution < 1.29 is 19.4 Å². The number of piperidine rings is 1. The molecule has 1 aliphatic heterocycles. The van der Waals surface area contributed by atoms with Crippen LogP contribution >= 0.6 is 0 Å². The highest BCUT2D eigenvalue weighted by molar-refractivity contribution is 5.85. The highest BCUT2D eigenvalue weighted by Crippen LogP contribution is 2.18. The molecule has 0 aliphatic carbocycles. The molecule has 1 fully saturated rings. The van der Waals surface area contributed by atoms with Crippen molar-refractivity contribution in [2.45, 2.75) is 38.8 Å². The van der Waals surface area contributed by atoms with E-state index in [0.717, 1.165) is 0 Å². The zero-order valence-corrected chi connectivity index (χ0v) is 13.4. The number of aromatic nitrogens is 1. The summed E-state index contributed by atoms with van der Waals surface area (Å²) in [5, 5.41) is 11.2. The zero-order chi connectivity index (χ0) is 16.8. The summed E-state index contributed by atoms with van der Waals surface area (Å²) < 4.78 is 5.80. The van der Waals surface area contributed by atoms with Crippen molar-refractivity contribution in [2.24, 2.45) is 5.92 Å². The van der Waals surface area contributed by atoms with Crippen LogP contribution in [0.4, 0.5) is 4.79 Å². The first-order chi connectivity index (χ1) is 11.0. The van der Waals surface area contributed by atoms with Crippen molar-refractivity contribution in [3.63, 3.8) is 0 Å². The molecule has 0 spiro atoms. The van der Waals surface area contributed by atoms with Gasteiger partial charge in [0.05, 0.1) is 0 Å². The minimum absolute atomic E-state index is 0.0267. The van der Waals surface area contributed by atoms with Gasteiger partial charge in [-0.1, -0.05) is 19.9 Å². The number of ether oxygens (including phenoxy) is 1. The summed E-state index contributed by atoms with van der Waals surface area (Å²) in [4.78, 5) is 29.2. The van der Waals surface area contributed by atoms with Crippen molar-refractivity contribution in [1.29, 1.82) is 0 Å². The predicted octanol–water partition coefficient (Wildman–Crippen LogP) is 1.74. The molecular weight excluding hydrogens is 298 g/mol. The van der Waals surface area contributed by atoms with Crippen LogP contribution in [0, 0.1) is 5.92 Å². The number of nitrogens with zero attached hydrogens (tertiary/aromatic N) is 2. The fourth-order valence-electron chi connectivity index (χ4n) is 2.62. The van der Waals surface area contributed by atoms with Crippen LogP contribution in [0.15, 0.2) is 24.4 Å². The monoisotopic (exact) mass is 321 g/mol. The SMILES string of the molecule is CC(C)[C@H](NC(=O)O)C(=O)N1CCC(Oc2ccccn2)CC1. The lowest BCUT2D eigenvalue weighted by Gasteiger charge is -2.35. The van der Waals surface area contributed by atoms with E-state index in [1.165, 1.54) is 0 Å². The van der Waals surface area contributed by atoms with E-state index in [9.17, 15) is 9.59 Å². The topological polar surface area (TPSA) is 91.8 Å². The maximum atomic E-state index is 12.5. The van der Waals surface area contributed by atoms with Crippen LogP contribution in [0.1, 0.15) is 26.7 Å². The molecule has 7 heteroatoms. The van der Waals surface area contributed by atoms with Crippen molar-refractivity contribution in [2.75, 3.05) is 13.1 Å². The maximum Gasteiger partial charge on any atom is 0.405 e. The summed E-state index contributed by atoms with van der Waals surface area (Å²) in [5.74, 6) is 0.324. The first-order valence-electron chi connectivity index (χ1n) is 7.83. The van der Waals surface area contributed by atoms with Gasteiger partial charge in [0.15, 0.2) is 0 Å². The van der Waals surface area contributed by atoms with Crippen molar-refractivity contribution >= 4 is 12.0 Å². The minimum atomic E-state index is -1.18. The number of pyridine rings is 1. The average molecular weight is 321 g/mol. The Morgan fingerprint density at radius 1 is 1.35 bits per heavy atom. The number of nitrogens with one attached hydrogen (secondary N) is 1. The second kappa shape index (κ2) is 7.80. The van der Waals surface area contributed by atoms with Crippen LogP contribution < -0.4 is 10.1 Å². The van der Waals surface area contributed by atoms with Crippen LogP contribution in [-0.2, 0) is 4.79 Å². The van der Waals surface area contributed by atoms with Crippen LogP contribution in [0.25, 0.3) is 0 Å². The molecule has 2 N–H and O–H groups in total. The minimum Gasteiger partial charge on any atom is -0.474 e. The van der Waals surface area contributed by atoms with Gasteiger partial charge in [0, 0.05) is 38.2 Å². The molecular formula is C16H23N3O4. The largest absolute Gasteiger partial charge is 0.474 e. The Kier molecular flexibility index (Phi) is 5.78. The van der Waals surface area contributed by atoms with Gasteiger partial charge in [-0.2, -0.15) is 0 Å². The van der Waals surface area contributed by atoms with E-state index >= 15 is 0 Å². The van der Waals surface area contributed by atoms with Gasteiger partial charge in [-0.15, -0.1) is 0 Å². The fraction of sp³-hybridized carbons (Fsp3) is 0.562. The Morgan fingerprint density at radius 3 is 2.57 bits per heavy atom. The van der Waals surface area contributed by atoms with Crippen molar-refractivity contribution in [3.8, 4) is 5.88 Å². The molecule has 0 bridgehead atoms. The summed E-state index contributed by atoms with van der Waals surface area (Å²) in [7, 11) is 0. The van der Waals surface area contributed by atoms with Gasteiger partial charge < -0.3 is 20.1 Å². The number of carboxylic acid groups (broad SMARTS) is 1. The standard InChI is InChI=1S/C16H23N3O4/c1-11(2)14(18-16(21)22)15(20)19-9-6-12(7-10-19)23-13-5-3-4-8-17-13/h3-5,8,11-12,14,18H,6-7,9-10H2,1-2H3,(H,21,22)/t14-/m0/s1. The molecule has 1 aromatic rings. The predicted molar refractivity (Wildman–Crippen MR) is 84.3 cm³/mol. The Hall–Kier alpha value is -2.31. The van der Waals surface area contributed by atoms with E-state index in [4.69, 9.17) is 9.84 Å². The van der Waals surface area contributed by atoms with Crippen LogP contribution in [0.3, 0.4) is 0 Å². The number of hydrogen-bond donors (Lipinski definition) is 2. The zero-order valence-electron chi connectivity index (χ0n) is 13.4. The van der Waals surface area contributed by atoms with Gasteiger partial charge in [-0.3, -0.25) is 4.79 Å². The third-order valence-electron chi connectivity index (χ3n) is 3.89. The van der Waals surface area contributed by atoms with E-state index in [1.807, 2.05) is 32.0 Å². The van der Waals surface area contributed by atoms with E-state index in [-0.39, 0.29) is 17.9 Å².